The van der Waals surface area contributed by atoms with Gasteiger partial charge in [-0.05, 0) is 41.5 Å². The number of methoxy groups -OCH3 is 1. The SMILES string of the molecule is COc1cc2c3c(ccc2cc1NN(C)C)O[C@H](c1cc(F)c(F)cc1F)C(N)C3. The zero-order valence-electron chi connectivity index (χ0n) is 16.8. The van der Waals surface area contributed by atoms with Crippen molar-refractivity contribution in [3.05, 3.63) is 65.0 Å². The van der Waals surface area contributed by atoms with Crippen molar-refractivity contribution < 1.29 is 22.6 Å². The minimum absolute atomic E-state index is 0.102. The number of benzene rings is 3. The Hall–Kier alpha value is -2.97. The maximum Gasteiger partial charge on any atom is 0.161 e. The molecule has 1 aliphatic rings. The van der Waals surface area contributed by atoms with Crippen LogP contribution in [0.4, 0.5) is 18.9 Å². The number of anilines is 1. The van der Waals surface area contributed by atoms with Gasteiger partial charge in [-0.3, -0.25) is 0 Å². The number of hydrogen-bond acceptors (Lipinski definition) is 5. The van der Waals surface area contributed by atoms with Crippen LogP contribution in [0.5, 0.6) is 11.5 Å². The largest absolute Gasteiger partial charge is 0.495 e. The van der Waals surface area contributed by atoms with Gasteiger partial charge in [0.25, 0.3) is 0 Å². The molecule has 0 saturated heterocycles. The summed E-state index contributed by atoms with van der Waals surface area (Å²) in [6, 6.07) is 8.19. The summed E-state index contributed by atoms with van der Waals surface area (Å²) in [6.07, 6.45) is -0.555. The second kappa shape index (κ2) is 7.70. The predicted octanol–water partition coefficient (Wildman–Crippen LogP) is 4.16. The van der Waals surface area contributed by atoms with Crippen LogP contribution in [-0.2, 0) is 6.42 Å². The molecular weight excluding hydrogens is 395 g/mol. The molecule has 3 N–H and O–H groups in total. The van der Waals surface area contributed by atoms with Crippen LogP contribution >= 0.6 is 0 Å². The highest BCUT2D eigenvalue weighted by atomic mass is 19.2. The van der Waals surface area contributed by atoms with Crippen LogP contribution in [0.2, 0.25) is 0 Å². The molecule has 0 fully saturated rings. The lowest BCUT2D eigenvalue weighted by Crippen LogP contribution is -2.38. The van der Waals surface area contributed by atoms with Gasteiger partial charge in [-0.1, -0.05) is 6.07 Å². The summed E-state index contributed by atoms with van der Waals surface area (Å²) in [5.41, 5.74) is 11.0. The van der Waals surface area contributed by atoms with Crippen molar-refractivity contribution in [2.45, 2.75) is 18.6 Å². The Labute approximate surface area is 172 Å². The Morgan fingerprint density at radius 2 is 1.80 bits per heavy atom. The summed E-state index contributed by atoms with van der Waals surface area (Å²) in [5.74, 6) is -2.11. The maximum absolute atomic E-state index is 14.3. The number of fused-ring (bicyclic) bond motifs is 3. The number of nitrogens with one attached hydrogen (secondary N) is 1. The average molecular weight is 417 g/mol. The normalized spacial score (nSPS) is 18.3. The third kappa shape index (κ3) is 3.53. The summed E-state index contributed by atoms with van der Waals surface area (Å²) < 4.78 is 52.8. The molecular formula is C22H22F3N3O2. The number of nitrogens with two attached hydrogens (primary N) is 1. The fourth-order valence-corrected chi connectivity index (χ4v) is 3.83. The van der Waals surface area contributed by atoms with E-state index in [2.05, 4.69) is 5.43 Å². The minimum atomic E-state index is -1.25. The Bertz CT molecular complexity index is 1120. The molecule has 8 heteroatoms. The van der Waals surface area contributed by atoms with Crippen LogP contribution in [0, 0.1) is 17.5 Å². The van der Waals surface area contributed by atoms with Gasteiger partial charge >= 0.3 is 0 Å². The third-order valence-corrected chi connectivity index (χ3v) is 5.18. The van der Waals surface area contributed by atoms with E-state index in [1.54, 1.807) is 13.2 Å². The van der Waals surface area contributed by atoms with E-state index in [-0.39, 0.29) is 5.56 Å². The second-order valence-corrected chi connectivity index (χ2v) is 7.52. The van der Waals surface area contributed by atoms with Crippen LogP contribution in [0.15, 0.2) is 36.4 Å². The molecule has 1 heterocycles. The fraction of sp³-hybridized carbons (Fsp3) is 0.273. The summed E-state index contributed by atoms with van der Waals surface area (Å²) in [5, 5.41) is 3.66. The van der Waals surface area contributed by atoms with E-state index < -0.39 is 29.6 Å². The molecule has 3 aromatic carbocycles. The molecule has 158 valence electrons. The number of rotatable bonds is 4. The number of ether oxygens (including phenoxy) is 2. The van der Waals surface area contributed by atoms with E-state index in [0.717, 1.165) is 28.1 Å². The molecule has 3 aromatic rings. The van der Waals surface area contributed by atoms with Crippen molar-refractivity contribution in [2.75, 3.05) is 26.6 Å². The highest BCUT2D eigenvalue weighted by Crippen LogP contribution is 2.41. The first-order valence-corrected chi connectivity index (χ1v) is 9.42. The molecule has 0 saturated carbocycles. The highest BCUT2D eigenvalue weighted by Gasteiger charge is 2.32. The molecule has 5 nitrogen and oxygen atoms in total. The molecule has 0 radical (unpaired) electrons. The monoisotopic (exact) mass is 417 g/mol. The van der Waals surface area contributed by atoms with Crippen molar-refractivity contribution in [3.63, 3.8) is 0 Å². The molecule has 2 atom stereocenters. The smallest absolute Gasteiger partial charge is 0.161 e. The van der Waals surface area contributed by atoms with Crippen LogP contribution in [-0.4, -0.2) is 32.3 Å². The van der Waals surface area contributed by atoms with Crippen molar-refractivity contribution in [1.82, 2.24) is 5.01 Å². The van der Waals surface area contributed by atoms with Crippen molar-refractivity contribution in [3.8, 4) is 11.5 Å². The van der Waals surface area contributed by atoms with Gasteiger partial charge in [0.05, 0.1) is 18.8 Å². The molecule has 4 rings (SSSR count). The zero-order valence-corrected chi connectivity index (χ0v) is 16.8. The van der Waals surface area contributed by atoms with Crippen LogP contribution in [0.3, 0.4) is 0 Å². The Morgan fingerprint density at radius 1 is 1.07 bits per heavy atom. The Morgan fingerprint density at radius 3 is 2.50 bits per heavy atom. The van der Waals surface area contributed by atoms with Gasteiger partial charge in [0.15, 0.2) is 11.6 Å². The lowest BCUT2D eigenvalue weighted by Gasteiger charge is -2.33. The molecule has 30 heavy (non-hydrogen) atoms. The third-order valence-electron chi connectivity index (χ3n) is 5.18. The quantitative estimate of drug-likeness (QED) is 0.493. The summed E-state index contributed by atoms with van der Waals surface area (Å²) >= 11 is 0. The molecule has 1 aliphatic heterocycles. The summed E-state index contributed by atoms with van der Waals surface area (Å²) in [6.45, 7) is 0. The van der Waals surface area contributed by atoms with Gasteiger partial charge in [-0.25, -0.2) is 18.2 Å². The van der Waals surface area contributed by atoms with Gasteiger partial charge < -0.3 is 20.6 Å². The topological polar surface area (TPSA) is 59.8 Å². The van der Waals surface area contributed by atoms with E-state index in [4.69, 9.17) is 15.2 Å². The van der Waals surface area contributed by atoms with Gasteiger partial charge in [0, 0.05) is 31.3 Å². The first kappa shape index (κ1) is 20.3. The van der Waals surface area contributed by atoms with Crippen molar-refractivity contribution in [1.29, 1.82) is 0 Å². The fourth-order valence-electron chi connectivity index (χ4n) is 3.83. The number of hydrogen-bond donors (Lipinski definition) is 2. The van der Waals surface area contributed by atoms with E-state index in [9.17, 15) is 13.2 Å². The summed E-state index contributed by atoms with van der Waals surface area (Å²) in [4.78, 5) is 0. The molecule has 1 unspecified atom stereocenters. The van der Waals surface area contributed by atoms with Crippen LogP contribution in [0.25, 0.3) is 10.8 Å². The van der Waals surface area contributed by atoms with Gasteiger partial charge in [-0.2, -0.15) is 0 Å². The molecule has 0 bridgehead atoms. The number of halogens is 3. The summed E-state index contributed by atoms with van der Waals surface area (Å²) in [7, 11) is 5.34. The van der Waals surface area contributed by atoms with E-state index in [0.29, 0.717) is 24.0 Å². The molecule has 0 aromatic heterocycles. The lowest BCUT2D eigenvalue weighted by molar-refractivity contribution is 0.149. The standard InChI is InChI=1S/C22H22F3N3O2/c1-28(2)27-19-6-11-4-5-20-13(12(11)9-21(19)29-3)8-18(26)22(30-20)14-7-16(24)17(25)10-15(14)23/h4-7,9-10,18,22,27H,8,26H2,1-3H3/t18?,22-/m1/s1. The van der Waals surface area contributed by atoms with Crippen LogP contribution in [0.1, 0.15) is 17.2 Å². The number of hydrazine groups is 1. The zero-order chi connectivity index (χ0) is 21.6. The van der Waals surface area contributed by atoms with Crippen molar-refractivity contribution >= 4 is 16.5 Å². The maximum atomic E-state index is 14.3. The van der Waals surface area contributed by atoms with E-state index >= 15 is 0 Å². The van der Waals surface area contributed by atoms with Gasteiger partial charge in [-0.15, -0.1) is 0 Å². The molecule has 0 spiro atoms. The van der Waals surface area contributed by atoms with E-state index in [1.807, 2.05) is 37.3 Å². The van der Waals surface area contributed by atoms with Gasteiger partial charge in [0.1, 0.15) is 23.4 Å². The minimum Gasteiger partial charge on any atom is -0.495 e. The Balaban J connectivity index is 1.78. The van der Waals surface area contributed by atoms with Crippen molar-refractivity contribution in [2.24, 2.45) is 5.73 Å². The lowest BCUT2D eigenvalue weighted by atomic mass is 9.90. The average Bonchev–Trinajstić information content (AvgIpc) is 2.69. The predicted molar refractivity (Wildman–Crippen MR) is 109 cm³/mol. The molecule has 0 aliphatic carbocycles. The number of nitrogens with zero attached hydrogens (tertiary/aromatic N) is 1. The first-order chi connectivity index (χ1) is 14.3. The van der Waals surface area contributed by atoms with E-state index in [1.165, 1.54) is 0 Å². The van der Waals surface area contributed by atoms with Gasteiger partial charge in [0.2, 0.25) is 0 Å². The Kier molecular flexibility index (Phi) is 5.21. The highest BCUT2D eigenvalue weighted by molar-refractivity contribution is 5.93. The van der Waals surface area contributed by atoms with Crippen LogP contribution < -0.4 is 20.6 Å². The second-order valence-electron chi connectivity index (χ2n) is 7.52. The molecule has 0 amide bonds. The first-order valence-electron chi connectivity index (χ1n) is 9.42.